The molecule has 0 saturated heterocycles. The Morgan fingerprint density at radius 3 is 2.29 bits per heavy atom. The second kappa shape index (κ2) is 5.51. The van der Waals surface area contributed by atoms with Crippen molar-refractivity contribution in [2.24, 2.45) is 0 Å². The van der Waals surface area contributed by atoms with E-state index in [0.717, 1.165) is 12.8 Å². The summed E-state index contributed by atoms with van der Waals surface area (Å²) in [5.74, 6) is -2.60. The van der Waals surface area contributed by atoms with E-state index in [4.69, 9.17) is 10.2 Å². The number of carbonyl (C=O) groups is 3. The fourth-order valence-electron chi connectivity index (χ4n) is 1.56. The summed E-state index contributed by atoms with van der Waals surface area (Å²) < 4.78 is 0. The summed E-state index contributed by atoms with van der Waals surface area (Å²) >= 11 is 0. The van der Waals surface area contributed by atoms with Gasteiger partial charge in [0.25, 0.3) is 0 Å². The first kappa shape index (κ1) is 13.3. The van der Waals surface area contributed by atoms with E-state index in [0.29, 0.717) is 6.54 Å². The molecule has 96 valence electrons. The van der Waals surface area contributed by atoms with Crippen LogP contribution in [0.2, 0.25) is 0 Å². The van der Waals surface area contributed by atoms with Gasteiger partial charge in [0.05, 0.1) is 6.42 Å². The highest BCUT2D eigenvalue weighted by Gasteiger charge is 2.33. The molecule has 1 rings (SSSR count). The minimum atomic E-state index is -1.38. The van der Waals surface area contributed by atoms with Gasteiger partial charge in [-0.2, -0.15) is 0 Å². The number of amides is 2. The third-order valence-electron chi connectivity index (χ3n) is 2.56. The van der Waals surface area contributed by atoms with Gasteiger partial charge in [-0.1, -0.05) is 0 Å². The molecule has 3 N–H and O–H groups in total. The molecule has 2 amide bonds. The molecule has 0 spiro atoms. The molecule has 0 aromatic heterocycles. The first-order valence-electron chi connectivity index (χ1n) is 5.47. The number of carboxylic acid groups (broad SMARTS) is 2. The molecule has 1 saturated carbocycles. The topological polar surface area (TPSA) is 107 Å². The molecule has 0 radical (unpaired) electrons. The van der Waals surface area contributed by atoms with E-state index in [1.807, 2.05) is 0 Å². The van der Waals surface area contributed by atoms with Crippen LogP contribution in [0.4, 0.5) is 4.79 Å². The predicted octanol–water partition coefficient (Wildman–Crippen LogP) is 0.108. The molecule has 0 aromatic carbocycles. The second-order valence-electron chi connectivity index (χ2n) is 3.96. The van der Waals surface area contributed by atoms with Crippen molar-refractivity contribution in [3.8, 4) is 0 Å². The number of nitrogens with zero attached hydrogens (tertiary/aromatic N) is 1. The van der Waals surface area contributed by atoms with Crippen LogP contribution in [-0.2, 0) is 9.59 Å². The number of hydrogen-bond donors (Lipinski definition) is 3. The minimum Gasteiger partial charge on any atom is -0.481 e. The smallest absolute Gasteiger partial charge is 0.326 e. The molecule has 1 aliphatic carbocycles. The molecule has 17 heavy (non-hydrogen) atoms. The van der Waals surface area contributed by atoms with Crippen LogP contribution < -0.4 is 5.32 Å². The van der Waals surface area contributed by atoms with Crippen molar-refractivity contribution in [3.05, 3.63) is 0 Å². The maximum absolute atomic E-state index is 11.7. The van der Waals surface area contributed by atoms with Gasteiger partial charge < -0.3 is 20.4 Å². The molecule has 7 nitrogen and oxygen atoms in total. The lowest BCUT2D eigenvalue weighted by Gasteiger charge is -2.23. The highest BCUT2D eigenvalue weighted by molar-refractivity contribution is 5.86. The Labute approximate surface area is 98.4 Å². The van der Waals surface area contributed by atoms with E-state index in [2.05, 4.69) is 5.32 Å². The van der Waals surface area contributed by atoms with Crippen LogP contribution in [0, 0.1) is 0 Å². The first-order chi connectivity index (χ1) is 7.95. The van der Waals surface area contributed by atoms with Crippen LogP contribution in [0.3, 0.4) is 0 Å². The number of carboxylic acids is 2. The Morgan fingerprint density at radius 2 is 1.94 bits per heavy atom. The van der Waals surface area contributed by atoms with Gasteiger partial charge in [-0.25, -0.2) is 9.59 Å². The van der Waals surface area contributed by atoms with Crippen molar-refractivity contribution in [3.63, 3.8) is 0 Å². The van der Waals surface area contributed by atoms with Crippen molar-refractivity contribution in [2.75, 3.05) is 6.54 Å². The van der Waals surface area contributed by atoms with Gasteiger partial charge in [0.15, 0.2) is 0 Å². The Hall–Kier alpha value is -1.79. The number of urea groups is 1. The molecule has 0 heterocycles. The van der Waals surface area contributed by atoms with E-state index in [1.54, 1.807) is 6.92 Å². The minimum absolute atomic E-state index is 0.166. The summed E-state index contributed by atoms with van der Waals surface area (Å²) in [5, 5.41) is 19.5. The fraction of sp³-hybridized carbons (Fsp3) is 0.700. The van der Waals surface area contributed by atoms with Gasteiger partial charge >= 0.3 is 18.0 Å². The van der Waals surface area contributed by atoms with Gasteiger partial charge in [0.2, 0.25) is 0 Å². The van der Waals surface area contributed by atoms with Crippen molar-refractivity contribution < 1.29 is 24.6 Å². The Kier molecular flexibility index (Phi) is 4.30. The number of aliphatic carboxylic acids is 2. The zero-order valence-electron chi connectivity index (χ0n) is 9.55. The molecule has 0 aliphatic heterocycles. The summed E-state index contributed by atoms with van der Waals surface area (Å²) in [4.78, 5) is 34.5. The molecule has 0 unspecified atom stereocenters. The van der Waals surface area contributed by atoms with Crippen molar-refractivity contribution in [1.29, 1.82) is 0 Å². The summed E-state index contributed by atoms with van der Waals surface area (Å²) in [6.45, 7) is 2.28. The van der Waals surface area contributed by atoms with E-state index in [1.165, 1.54) is 4.90 Å². The lowest BCUT2D eigenvalue weighted by atomic mass is 10.2. The SMILES string of the molecule is CCN(C(=O)N[C@@H](CC(=O)O)C(=O)O)C1CC1. The lowest BCUT2D eigenvalue weighted by molar-refractivity contribution is -0.145. The zero-order valence-corrected chi connectivity index (χ0v) is 9.55. The van der Waals surface area contributed by atoms with Crippen LogP contribution in [0.5, 0.6) is 0 Å². The molecular weight excluding hydrogens is 228 g/mol. The lowest BCUT2D eigenvalue weighted by Crippen LogP contribution is -2.49. The summed E-state index contributed by atoms with van der Waals surface area (Å²) in [7, 11) is 0. The van der Waals surface area contributed by atoms with Crippen LogP contribution in [-0.4, -0.2) is 51.7 Å². The van der Waals surface area contributed by atoms with E-state index in [9.17, 15) is 14.4 Å². The Bertz CT molecular complexity index is 327. The van der Waals surface area contributed by atoms with Crippen molar-refractivity contribution in [1.82, 2.24) is 10.2 Å². The molecule has 1 atom stereocenters. The number of carbonyl (C=O) groups excluding carboxylic acids is 1. The van der Waals surface area contributed by atoms with Crippen molar-refractivity contribution in [2.45, 2.75) is 38.3 Å². The Balaban J connectivity index is 2.55. The summed E-state index contributed by atoms with van der Waals surface area (Å²) in [5.41, 5.74) is 0. The molecule has 1 aliphatic rings. The highest BCUT2D eigenvalue weighted by atomic mass is 16.4. The second-order valence-corrected chi connectivity index (χ2v) is 3.96. The Morgan fingerprint density at radius 1 is 1.35 bits per heavy atom. The van der Waals surface area contributed by atoms with Gasteiger partial charge in [0.1, 0.15) is 6.04 Å². The van der Waals surface area contributed by atoms with Crippen LogP contribution in [0.25, 0.3) is 0 Å². The molecule has 7 heteroatoms. The first-order valence-corrected chi connectivity index (χ1v) is 5.47. The fourth-order valence-corrected chi connectivity index (χ4v) is 1.56. The molecule has 1 fully saturated rings. The molecule has 0 bridgehead atoms. The van der Waals surface area contributed by atoms with E-state index in [-0.39, 0.29) is 6.04 Å². The summed E-state index contributed by atoms with van der Waals surface area (Å²) in [6, 6.07) is -1.73. The predicted molar refractivity (Wildman–Crippen MR) is 57.6 cm³/mol. The quantitative estimate of drug-likeness (QED) is 0.614. The van der Waals surface area contributed by atoms with Gasteiger partial charge in [-0.05, 0) is 19.8 Å². The molecular formula is C10H16N2O5. The van der Waals surface area contributed by atoms with Gasteiger partial charge in [-0.3, -0.25) is 4.79 Å². The average molecular weight is 244 g/mol. The standard InChI is InChI=1S/C10H16N2O5/c1-2-12(6-3-4-6)10(17)11-7(9(15)16)5-8(13)14/h6-7H,2-5H2,1H3,(H,11,17)(H,13,14)(H,15,16)/t7-/m0/s1. The monoisotopic (exact) mass is 244 g/mol. The maximum Gasteiger partial charge on any atom is 0.326 e. The maximum atomic E-state index is 11.7. The third kappa shape index (κ3) is 3.93. The average Bonchev–Trinajstić information content (AvgIpc) is 3.01. The van der Waals surface area contributed by atoms with Gasteiger partial charge in [0, 0.05) is 12.6 Å². The third-order valence-corrected chi connectivity index (χ3v) is 2.56. The largest absolute Gasteiger partial charge is 0.481 e. The van der Waals surface area contributed by atoms with E-state index < -0.39 is 30.4 Å². The number of nitrogens with one attached hydrogen (secondary N) is 1. The van der Waals surface area contributed by atoms with E-state index >= 15 is 0 Å². The van der Waals surface area contributed by atoms with Crippen molar-refractivity contribution >= 4 is 18.0 Å². The summed E-state index contributed by atoms with van der Waals surface area (Å²) in [6.07, 6.45) is 1.21. The number of hydrogen-bond acceptors (Lipinski definition) is 3. The van der Waals surface area contributed by atoms with Gasteiger partial charge in [-0.15, -0.1) is 0 Å². The zero-order chi connectivity index (χ0) is 13.0. The van der Waals surface area contributed by atoms with Crippen LogP contribution in [0.1, 0.15) is 26.2 Å². The number of rotatable bonds is 6. The normalized spacial score (nSPS) is 16.1. The molecule has 0 aromatic rings. The highest BCUT2D eigenvalue weighted by Crippen LogP contribution is 2.26. The van der Waals surface area contributed by atoms with Crippen LogP contribution >= 0.6 is 0 Å². The van der Waals surface area contributed by atoms with Crippen LogP contribution in [0.15, 0.2) is 0 Å².